The maximum Gasteiger partial charge on any atom is 0.280 e. The molecular formula is C7H8N2O2. The van der Waals surface area contributed by atoms with Crippen LogP contribution in [0.25, 0.3) is 0 Å². The van der Waals surface area contributed by atoms with E-state index in [9.17, 15) is 4.79 Å². The maximum absolute atomic E-state index is 10.2. The fraction of sp³-hybridized carbons (Fsp3) is 0.571. The summed E-state index contributed by atoms with van der Waals surface area (Å²) < 4.78 is 5.07. The molecule has 1 aromatic rings. The minimum absolute atomic E-state index is 0.0637. The zero-order chi connectivity index (χ0) is 7.90. The Hall–Kier alpha value is -1.19. The van der Waals surface area contributed by atoms with Crippen molar-refractivity contribution in [3.8, 4) is 0 Å². The van der Waals surface area contributed by atoms with Crippen LogP contribution in [-0.4, -0.2) is 16.5 Å². The predicted molar refractivity (Wildman–Crippen MR) is 36.3 cm³/mol. The van der Waals surface area contributed by atoms with E-state index in [0.29, 0.717) is 12.2 Å². The van der Waals surface area contributed by atoms with Gasteiger partial charge in [-0.05, 0) is 12.8 Å². The third-order valence-corrected chi connectivity index (χ3v) is 2.06. The van der Waals surface area contributed by atoms with Crippen molar-refractivity contribution in [2.24, 2.45) is 0 Å². The molecule has 0 atom stereocenters. The van der Waals surface area contributed by atoms with Crippen LogP contribution >= 0.6 is 0 Å². The first-order valence-corrected chi connectivity index (χ1v) is 3.54. The Morgan fingerprint density at radius 2 is 2.27 bits per heavy atom. The van der Waals surface area contributed by atoms with E-state index in [1.54, 1.807) is 0 Å². The molecule has 1 aromatic heterocycles. The topological polar surface area (TPSA) is 56.0 Å². The van der Waals surface area contributed by atoms with Crippen LogP contribution in [0.15, 0.2) is 4.42 Å². The van der Waals surface area contributed by atoms with Crippen LogP contribution in [0.4, 0.5) is 0 Å². The zero-order valence-corrected chi connectivity index (χ0v) is 6.20. The highest BCUT2D eigenvalue weighted by Crippen LogP contribution is 2.46. The lowest BCUT2D eigenvalue weighted by molar-refractivity contribution is 0.109. The van der Waals surface area contributed by atoms with E-state index in [0.717, 1.165) is 12.8 Å². The summed E-state index contributed by atoms with van der Waals surface area (Å²) in [6.45, 7) is 2.05. The van der Waals surface area contributed by atoms with Gasteiger partial charge in [0.15, 0.2) is 0 Å². The average Bonchev–Trinajstić information content (AvgIpc) is 2.61. The SMILES string of the molecule is CC1(c2nnc(C=O)o2)CC1. The van der Waals surface area contributed by atoms with Crippen LogP contribution in [0.3, 0.4) is 0 Å². The summed E-state index contributed by atoms with van der Waals surface area (Å²) in [7, 11) is 0. The lowest BCUT2D eigenvalue weighted by atomic mass is 10.1. The molecular weight excluding hydrogens is 144 g/mol. The minimum atomic E-state index is 0.0637. The standard InChI is InChI=1S/C7H8N2O2/c1-7(2-3-7)6-9-8-5(4-10)11-6/h4H,2-3H2,1H3. The van der Waals surface area contributed by atoms with Crippen molar-refractivity contribution in [1.29, 1.82) is 0 Å². The Balaban J connectivity index is 2.32. The van der Waals surface area contributed by atoms with Crippen molar-refractivity contribution in [3.63, 3.8) is 0 Å². The smallest absolute Gasteiger partial charge is 0.280 e. The minimum Gasteiger partial charge on any atom is -0.418 e. The second-order valence-electron chi connectivity index (χ2n) is 3.12. The van der Waals surface area contributed by atoms with Gasteiger partial charge in [0.05, 0.1) is 0 Å². The Labute approximate surface area is 63.6 Å². The van der Waals surface area contributed by atoms with Crippen molar-refractivity contribution in [1.82, 2.24) is 10.2 Å². The molecule has 58 valence electrons. The van der Waals surface area contributed by atoms with Gasteiger partial charge in [-0.2, -0.15) is 0 Å². The number of hydrogen-bond acceptors (Lipinski definition) is 4. The Bertz CT molecular complexity index is 288. The molecule has 4 nitrogen and oxygen atoms in total. The van der Waals surface area contributed by atoms with Crippen molar-refractivity contribution < 1.29 is 9.21 Å². The van der Waals surface area contributed by atoms with Crippen LogP contribution in [-0.2, 0) is 5.41 Å². The van der Waals surface area contributed by atoms with E-state index in [-0.39, 0.29) is 11.3 Å². The van der Waals surface area contributed by atoms with E-state index in [1.807, 2.05) is 0 Å². The van der Waals surface area contributed by atoms with E-state index < -0.39 is 0 Å². The first kappa shape index (κ1) is 6.52. The summed E-state index contributed by atoms with van der Waals surface area (Å²) >= 11 is 0. The van der Waals surface area contributed by atoms with Gasteiger partial charge in [0, 0.05) is 5.41 Å². The van der Waals surface area contributed by atoms with Crippen molar-refractivity contribution >= 4 is 6.29 Å². The molecule has 4 heteroatoms. The number of aromatic nitrogens is 2. The summed E-state index contributed by atoms with van der Waals surface area (Å²) in [6, 6.07) is 0. The molecule has 0 spiro atoms. The number of nitrogens with zero attached hydrogens (tertiary/aromatic N) is 2. The fourth-order valence-electron chi connectivity index (χ4n) is 0.927. The van der Waals surface area contributed by atoms with Crippen molar-refractivity contribution in [2.45, 2.75) is 25.2 Å². The molecule has 0 N–H and O–H groups in total. The molecule has 0 bridgehead atoms. The van der Waals surface area contributed by atoms with Crippen LogP contribution in [0, 0.1) is 0 Å². The fourth-order valence-corrected chi connectivity index (χ4v) is 0.927. The van der Waals surface area contributed by atoms with E-state index in [4.69, 9.17) is 4.42 Å². The quantitative estimate of drug-likeness (QED) is 0.591. The van der Waals surface area contributed by atoms with Gasteiger partial charge in [-0.1, -0.05) is 6.92 Å². The number of hydrogen-bond donors (Lipinski definition) is 0. The molecule has 0 saturated heterocycles. The summed E-state index contributed by atoms with van der Waals surface area (Å²) in [5, 5.41) is 7.33. The van der Waals surface area contributed by atoms with E-state index in [1.165, 1.54) is 0 Å². The first-order valence-electron chi connectivity index (χ1n) is 3.54. The molecule has 1 heterocycles. The molecule has 1 fully saturated rings. The second-order valence-corrected chi connectivity index (χ2v) is 3.12. The van der Waals surface area contributed by atoms with Crippen LogP contribution < -0.4 is 0 Å². The molecule has 0 amide bonds. The Morgan fingerprint density at radius 1 is 1.55 bits per heavy atom. The molecule has 0 aromatic carbocycles. The molecule has 0 unspecified atom stereocenters. The van der Waals surface area contributed by atoms with Gasteiger partial charge in [-0.25, -0.2) is 0 Å². The average molecular weight is 152 g/mol. The first-order chi connectivity index (χ1) is 5.24. The highest BCUT2D eigenvalue weighted by molar-refractivity contribution is 5.66. The third kappa shape index (κ3) is 0.943. The number of carbonyl (C=O) groups excluding carboxylic acids is 1. The number of carbonyl (C=O) groups is 1. The predicted octanol–water partition coefficient (Wildman–Crippen LogP) is 0.934. The van der Waals surface area contributed by atoms with Gasteiger partial charge in [-0.15, -0.1) is 10.2 Å². The molecule has 0 radical (unpaired) electrons. The summed E-state index contributed by atoms with van der Waals surface area (Å²) in [6.07, 6.45) is 2.73. The second kappa shape index (κ2) is 1.90. The van der Waals surface area contributed by atoms with Crippen LogP contribution in [0.5, 0.6) is 0 Å². The van der Waals surface area contributed by atoms with Crippen molar-refractivity contribution in [2.75, 3.05) is 0 Å². The maximum atomic E-state index is 10.2. The van der Waals surface area contributed by atoms with Gasteiger partial charge < -0.3 is 4.42 Å². The zero-order valence-electron chi connectivity index (χ0n) is 6.20. The molecule has 1 saturated carbocycles. The number of aldehydes is 1. The molecule has 1 aliphatic carbocycles. The molecule has 0 aliphatic heterocycles. The van der Waals surface area contributed by atoms with E-state index in [2.05, 4.69) is 17.1 Å². The Morgan fingerprint density at radius 3 is 2.73 bits per heavy atom. The largest absolute Gasteiger partial charge is 0.418 e. The Kier molecular flexibility index (Phi) is 1.13. The summed E-state index contributed by atoms with van der Waals surface area (Å²) in [5.74, 6) is 0.674. The van der Waals surface area contributed by atoms with Crippen LogP contribution in [0.2, 0.25) is 0 Å². The highest BCUT2D eigenvalue weighted by atomic mass is 16.4. The monoisotopic (exact) mass is 152 g/mol. The normalized spacial score (nSPS) is 19.7. The lowest BCUT2D eigenvalue weighted by Gasteiger charge is -1.96. The summed E-state index contributed by atoms with van der Waals surface area (Å²) in [5.41, 5.74) is 0.0637. The highest BCUT2D eigenvalue weighted by Gasteiger charge is 2.44. The van der Waals surface area contributed by atoms with E-state index >= 15 is 0 Å². The van der Waals surface area contributed by atoms with Gasteiger partial charge in [0.2, 0.25) is 12.2 Å². The van der Waals surface area contributed by atoms with Gasteiger partial charge >= 0.3 is 0 Å². The molecule has 2 rings (SSSR count). The van der Waals surface area contributed by atoms with Crippen LogP contribution in [0.1, 0.15) is 36.3 Å². The van der Waals surface area contributed by atoms with Gasteiger partial charge in [-0.3, -0.25) is 4.79 Å². The van der Waals surface area contributed by atoms with Gasteiger partial charge in [0.25, 0.3) is 5.89 Å². The lowest BCUT2D eigenvalue weighted by Crippen LogP contribution is -1.99. The molecule has 11 heavy (non-hydrogen) atoms. The summed E-state index contributed by atoms with van der Waals surface area (Å²) in [4.78, 5) is 10.2. The van der Waals surface area contributed by atoms with Gasteiger partial charge in [0.1, 0.15) is 0 Å². The van der Waals surface area contributed by atoms with Crippen molar-refractivity contribution in [3.05, 3.63) is 11.8 Å². The number of rotatable bonds is 2. The molecule has 1 aliphatic rings. The third-order valence-electron chi connectivity index (χ3n) is 2.06.